The van der Waals surface area contributed by atoms with E-state index in [1.165, 1.54) is 23.9 Å². The van der Waals surface area contributed by atoms with Gasteiger partial charge in [-0.05, 0) is 55.4 Å². The van der Waals surface area contributed by atoms with Gasteiger partial charge in [0.05, 0.1) is 12.6 Å². The Morgan fingerprint density at radius 2 is 1.53 bits per heavy atom. The van der Waals surface area contributed by atoms with Crippen LogP contribution in [0.5, 0.6) is 5.75 Å². The summed E-state index contributed by atoms with van der Waals surface area (Å²) >= 11 is 1.41. The Kier molecular flexibility index (Phi) is 14.6. The van der Waals surface area contributed by atoms with Gasteiger partial charge in [-0.1, -0.05) is 12.1 Å². The highest BCUT2D eigenvalue weighted by atomic mass is 32.2. The number of thioether (sulfide) groups is 1. The minimum atomic E-state index is -1.40. The number of carbonyl (C=O) groups excluding carboxylic acids is 3. The molecule has 0 fully saturated rings. The number of nitrogens with two attached hydrogens (primary N) is 3. The molecule has 3 amide bonds. The van der Waals surface area contributed by atoms with Crippen LogP contribution in [0.25, 0.3) is 0 Å². The van der Waals surface area contributed by atoms with Crippen LogP contribution in [0.1, 0.15) is 24.8 Å². The number of carboxylic acids is 1. The first-order valence-electron chi connectivity index (χ1n) is 11.8. The van der Waals surface area contributed by atoms with Crippen LogP contribution in [-0.2, 0) is 25.6 Å². The van der Waals surface area contributed by atoms with E-state index in [0.29, 0.717) is 17.7 Å². The van der Waals surface area contributed by atoms with Gasteiger partial charge in [-0.2, -0.15) is 11.8 Å². The summed E-state index contributed by atoms with van der Waals surface area (Å²) in [6.07, 6.45) is 2.43. The molecule has 15 heteroatoms. The topological polar surface area (TPSA) is 255 Å². The van der Waals surface area contributed by atoms with E-state index in [0.717, 1.165) is 0 Å². The molecular weight excluding hydrogens is 518 g/mol. The largest absolute Gasteiger partial charge is 0.508 e. The first kappa shape index (κ1) is 32.5. The third-order valence-corrected chi connectivity index (χ3v) is 5.99. The second-order valence-corrected chi connectivity index (χ2v) is 9.40. The van der Waals surface area contributed by atoms with Crippen LogP contribution in [0.2, 0.25) is 0 Å². The zero-order valence-electron chi connectivity index (χ0n) is 21.1. The Morgan fingerprint density at radius 3 is 2.08 bits per heavy atom. The number of phenolic OH excluding ortho intramolecular Hbond substituents is 1. The molecule has 0 saturated carbocycles. The number of aliphatic imine (C=N–C) groups is 1. The molecule has 0 saturated heterocycles. The van der Waals surface area contributed by atoms with Gasteiger partial charge in [0.15, 0.2) is 5.96 Å². The minimum Gasteiger partial charge on any atom is -0.508 e. The lowest BCUT2D eigenvalue weighted by Crippen LogP contribution is -2.58. The number of guanidine groups is 1. The van der Waals surface area contributed by atoms with Crippen molar-refractivity contribution in [1.29, 1.82) is 0 Å². The Morgan fingerprint density at radius 1 is 0.947 bits per heavy atom. The lowest BCUT2D eigenvalue weighted by atomic mass is 10.1. The van der Waals surface area contributed by atoms with Gasteiger partial charge in [0.1, 0.15) is 23.9 Å². The van der Waals surface area contributed by atoms with Crippen molar-refractivity contribution in [2.75, 3.05) is 25.2 Å². The van der Waals surface area contributed by atoms with E-state index >= 15 is 0 Å². The molecule has 1 aromatic rings. The predicted octanol–water partition coefficient (Wildman–Crippen LogP) is -2.40. The highest BCUT2D eigenvalue weighted by Gasteiger charge is 2.29. The van der Waals surface area contributed by atoms with Gasteiger partial charge in [-0.3, -0.25) is 19.4 Å². The molecule has 0 aliphatic rings. The van der Waals surface area contributed by atoms with Crippen molar-refractivity contribution >= 4 is 41.4 Å². The first-order valence-corrected chi connectivity index (χ1v) is 13.2. The second kappa shape index (κ2) is 17.0. The van der Waals surface area contributed by atoms with Crippen molar-refractivity contribution in [1.82, 2.24) is 16.0 Å². The number of aliphatic hydroxyl groups is 1. The van der Waals surface area contributed by atoms with Crippen LogP contribution in [0, 0.1) is 0 Å². The van der Waals surface area contributed by atoms with Crippen LogP contribution in [0.4, 0.5) is 0 Å². The van der Waals surface area contributed by atoms with Gasteiger partial charge in [-0.15, -0.1) is 0 Å². The highest BCUT2D eigenvalue weighted by molar-refractivity contribution is 7.98. The Balaban J connectivity index is 2.80. The van der Waals surface area contributed by atoms with E-state index in [4.69, 9.17) is 17.2 Å². The van der Waals surface area contributed by atoms with E-state index in [2.05, 4.69) is 20.9 Å². The monoisotopic (exact) mass is 555 g/mol. The average molecular weight is 556 g/mol. The molecule has 0 bridgehead atoms. The molecule has 0 aliphatic heterocycles. The number of aliphatic hydroxyl groups excluding tert-OH is 1. The lowest BCUT2D eigenvalue weighted by molar-refractivity contribution is -0.142. The number of nitrogens with one attached hydrogen (secondary N) is 3. The molecular formula is C23H37N7O7S. The number of nitrogens with zero attached hydrogens (tertiary/aromatic N) is 1. The van der Waals surface area contributed by atoms with Gasteiger partial charge in [0.25, 0.3) is 0 Å². The molecule has 4 atom stereocenters. The van der Waals surface area contributed by atoms with Crippen LogP contribution < -0.4 is 33.2 Å². The number of benzene rings is 1. The number of aliphatic carboxylic acids is 1. The SMILES string of the molecule is CSCCC(NC(=O)C(CO)NC(=O)C(N)Cc1ccc(O)cc1)C(=O)NC(CCCN=C(N)N)C(=O)O. The molecule has 0 heterocycles. The Hall–Kier alpha value is -3.56. The molecule has 4 unspecified atom stereocenters. The maximum Gasteiger partial charge on any atom is 0.326 e. The van der Waals surface area contributed by atoms with E-state index in [1.807, 2.05) is 0 Å². The standard InChI is InChI=1S/C23H37N7O7S/c1-38-10-8-16(20(34)29-17(22(36)37)3-2-9-27-23(25)26)28-21(35)18(12-31)30-19(33)15(24)11-13-4-6-14(32)7-5-13/h4-7,15-18,31-32H,2-3,8-12,24H2,1H3,(H,28,35)(H,29,34)(H,30,33)(H,36,37)(H4,25,26,27). The van der Waals surface area contributed by atoms with Crippen molar-refractivity contribution in [2.24, 2.45) is 22.2 Å². The number of rotatable bonds is 17. The number of phenols is 1. The third-order valence-electron chi connectivity index (χ3n) is 5.35. The predicted molar refractivity (Wildman–Crippen MR) is 143 cm³/mol. The summed E-state index contributed by atoms with van der Waals surface area (Å²) in [6, 6.07) is 1.28. The van der Waals surface area contributed by atoms with E-state index in [-0.39, 0.29) is 37.5 Å². The summed E-state index contributed by atoms with van der Waals surface area (Å²) in [6.45, 7) is -0.579. The van der Waals surface area contributed by atoms with Crippen molar-refractivity contribution in [3.63, 3.8) is 0 Å². The fourth-order valence-electron chi connectivity index (χ4n) is 3.26. The number of carbonyl (C=O) groups is 4. The molecule has 0 spiro atoms. The summed E-state index contributed by atoms with van der Waals surface area (Å²) < 4.78 is 0. The van der Waals surface area contributed by atoms with Crippen molar-refractivity contribution in [2.45, 2.75) is 49.9 Å². The molecule has 12 N–H and O–H groups in total. The zero-order valence-corrected chi connectivity index (χ0v) is 21.9. The fraction of sp³-hybridized carbons (Fsp3) is 0.522. The third kappa shape index (κ3) is 12.1. The summed E-state index contributed by atoms with van der Waals surface area (Å²) in [5.41, 5.74) is 17.1. The maximum atomic E-state index is 12.9. The quantitative estimate of drug-likeness (QED) is 0.0556. The molecule has 1 aromatic carbocycles. The van der Waals surface area contributed by atoms with Gasteiger partial charge in [0.2, 0.25) is 17.7 Å². The summed E-state index contributed by atoms with van der Waals surface area (Å²) in [5, 5.41) is 35.8. The van der Waals surface area contributed by atoms with Gasteiger partial charge in [0, 0.05) is 6.54 Å². The van der Waals surface area contributed by atoms with Crippen molar-refractivity contribution < 1.29 is 34.5 Å². The zero-order chi connectivity index (χ0) is 28.7. The normalized spacial score (nSPS) is 13.9. The second-order valence-electron chi connectivity index (χ2n) is 8.41. The molecule has 14 nitrogen and oxygen atoms in total. The molecule has 0 aromatic heterocycles. The van der Waals surface area contributed by atoms with E-state index in [9.17, 15) is 34.5 Å². The first-order chi connectivity index (χ1) is 18.0. The Labute approximate surface area is 224 Å². The molecule has 212 valence electrons. The van der Waals surface area contributed by atoms with Crippen molar-refractivity contribution in [3.05, 3.63) is 29.8 Å². The van der Waals surface area contributed by atoms with Gasteiger partial charge >= 0.3 is 5.97 Å². The van der Waals surface area contributed by atoms with Gasteiger partial charge < -0.3 is 48.5 Å². The minimum absolute atomic E-state index is 0.0509. The highest BCUT2D eigenvalue weighted by Crippen LogP contribution is 2.11. The summed E-state index contributed by atoms with van der Waals surface area (Å²) in [7, 11) is 0. The molecule has 0 radical (unpaired) electrons. The maximum absolute atomic E-state index is 12.9. The van der Waals surface area contributed by atoms with Crippen LogP contribution in [-0.4, -0.2) is 94.3 Å². The van der Waals surface area contributed by atoms with E-state index < -0.39 is 54.5 Å². The number of amides is 3. The van der Waals surface area contributed by atoms with Gasteiger partial charge in [-0.25, -0.2) is 4.79 Å². The van der Waals surface area contributed by atoms with Crippen LogP contribution >= 0.6 is 11.8 Å². The number of aromatic hydroxyl groups is 1. The summed E-state index contributed by atoms with van der Waals surface area (Å²) in [5.74, 6) is -3.14. The van der Waals surface area contributed by atoms with Crippen molar-refractivity contribution in [3.8, 4) is 5.75 Å². The van der Waals surface area contributed by atoms with Crippen LogP contribution in [0.3, 0.4) is 0 Å². The smallest absolute Gasteiger partial charge is 0.326 e. The molecule has 1 rings (SSSR count). The Bertz CT molecular complexity index is 958. The molecule has 38 heavy (non-hydrogen) atoms. The average Bonchev–Trinajstić information content (AvgIpc) is 2.87. The summed E-state index contributed by atoms with van der Waals surface area (Å²) in [4.78, 5) is 53.6. The van der Waals surface area contributed by atoms with E-state index in [1.54, 1.807) is 18.4 Å². The number of hydrogen-bond acceptors (Lipinski definition) is 9. The lowest BCUT2D eigenvalue weighted by Gasteiger charge is -2.24. The fourth-order valence-corrected chi connectivity index (χ4v) is 3.73. The number of carboxylic acid groups (broad SMARTS) is 1. The number of hydrogen-bond donors (Lipinski definition) is 9. The molecule has 0 aliphatic carbocycles. The van der Waals surface area contributed by atoms with Crippen LogP contribution in [0.15, 0.2) is 29.3 Å².